The molecule has 0 saturated carbocycles. The van der Waals surface area contributed by atoms with Crippen molar-refractivity contribution in [2.45, 2.75) is 13.0 Å². The lowest BCUT2D eigenvalue weighted by molar-refractivity contribution is 0.0529. The molecule has 5 heteroatoms. The summed E-state index contributed by atoms with van der Waals surface area (Å²) in [5, 5.41) is 8.86. The van der Waals surface area contributed by atoms with E-state index in [4.69, 9.17) is 15.7 Å². The summed E-state index contributed by atoms with van der Waals surface area (Å²) < 4.78 is 5.45. The lowest BCUT2D eigenvalue weighted by Crippen LogP contribution is -2.41. The van der Waals surface area contributed by atoms with E-state index >= 15 is 0 Å². The molecule has 1 atom stereocenters. The fourth-order valence-electron chi connectivity index (χ4n) is 1.79. The van der Waals surface area contributed by atoms with Crippen molar-refractivity contribution in [3.05, 3.63) is 17.7 Å². The standard InChI is InChI=1S/C11H14N4O/c1-8-7-15(2-3-16-8)11-5-9(6-12)4-10(13)14-11/h4-5,8H,2-3,7H2,1H3,(H2,13,14). The number of rotatable bonds is 1. The topological polar surface area (TPSA) is 75.2 Å². The second kappa shape index (κ2) is 4.37. The number of nitrogens with two attached hydrogens (primary N) is 1. The zero-order valence-electron chi connectivity index (χ0n) is 9.18. The molecule has 1 unspecified atom stereocenters. The van der Waals surface area contributed by atoms with Crippen molar-refractivity contribution in [1.82, 2.24) is 4.98 Å². The Morgan fingerprint density at radius 2 is 2.44 bits per heavy atom. The molecule has 84 valence electrons. The minimum Gasteiger partial charge on any atom is -0.384 e. The monoisotopic (exact) mass is 218 g/mol. The average molecular weight is 218 g/mol. The maximum Gasteiger partial charge on any atom is 0.132 e. The number of hydrogen-bond donors (Lipinski definition) is 1. The van der Waals surface area contributed by atoms with Gasteiger partial charge >= 0.3 is 0 Å². The Kier molecular flexibility index (Phi) is 2.93. The van der Waals surface area contributed by atoms with E-state index in [1.54, 1.807) is 12.1 Å². The van der Waals surface area contributed by atoms with Crippen LogP contribution in [0.2, 0.25) is 0 Å². The maximum absolute atomic E-state index is 8.86. The van der Waals surface area contributed by atoms with Gasteiger partial charge in [0, 0.05) is 13.1 Å². The summed E-state index contributed by atoms with van der Waals surface area (Å²) in [7, 11) is 0. The Morgan fingerprint density at radius 1 is 1.62 bits per heavy atom. The highest BCUT2D eigenvalue weighted by atomic mass is 16.5. The van der Waals surface area contributed by atoms with E-state index < -0.39 is 0 Å². The minimum absolute atomic E-state index is 0.183. The van der Waals surface area contributed by atoms with Crippen LogP contribution >= 0.6 is 0 Å². The Balaban J connectivity index is 2.26. The smallest absolute Gasteiger partial charge is 0.132 e. The predicted octanol–water partition coefficient (Wildman–Crippen LogP) is 0.761. The molecular formula is C11H14N4O. The molecule has 0 bridgehead atoms. The predicted molar refractivity (Wildman–Crippen MR) is 61.0 cm³/mol. The zero-order chi connectivity index (χ0) is 11.5. The SMILES string of the molecule is CC1CN(c2cc(C#N)cc(N)n2)CCO1. The van der Waals surface area contributed by atoms with Crippen molar-refractivity contribution < 1.29 is 4.74 Å². The second-order valence-corrected chi connectivity index (χ2v) is 3.88. The van der Waals surface area contributed by atoms with Gasteiger partial charge < -0.3 is 15.4 Å². The quantitative estimate of drug-likeness (QED) is 0.753. The normalized spacial score (nSPS) is 20.5. The van der Waals surface area contributed by atoms with E-state index in [1.807, 2.05) is 6.92 Å². The first-order valence-corrected chi connectivity index (χ1v) is 5.23. The van der Waals surface area contributed by atoms with Crippen molar-refractivity contribution in [2.24, 2.45) is 0 Å². The molecule has 0 aromatic carbocycles. The van der Waals surface area contributed by atoms with Crippen LogP contribution in [0.25, 0.3) is 0 Å². The third-order valence-corrected chi connectivity index (χ3v) is 2.53. The van der Waals surface area contributed by atoms with Crippen molar-refractivity contribution in [1.29, 1.82) is 5.26 Å². The molecule has 2 N–H and O–H groups in total. The molecule has 1 fully saturated rings. The maximum atomic E-state index is 8.86. The highest BCUT2D eigenvalue weighted by Crippen LogP contribution is 2.18. The molecule has 0 spiro atoms. The van der Waals surface area contributed by atoms with E-state index in [1.165, 1.54) is 0 Å². The van der Waals surface area contributed by atoms with E-state index in [9.17, 15) is 0 Å². The molecule has 1 aliphatic heterocycles. The van der Waals surface area contributed by atoms with Crippen molar-refractivity contribution in [2.75, 3.05) is 30.3 Å². The van der Waals surface area contributed by atoms with Crippen LogP contribution in [0.5, 0.6) is 0 Å². The first-order chi connectivity index (χ1) is 7.69. The Labute approximate surface area is 94.4 Å². The Bertz CT molecular complexity index is 426. The van der Waals surface area contributed by atoms with Gasteiger partial charge in [-0.3, -0.25) is 0 Å². The van der Waals surface area contributed by atoms with E-state index in [0.29, 0.717) is 18.0 Å². The van der Waals surface area contributed by atoms with Crippen molar-refractivity contribution in [3.63, 3.8) is 0 Å². The molecule has 16 heavy (non-hydrogen) atoms. The number of nitriles is 1. The molecule has 1 aromatic heterocycles. The largest absolute Gasteiger partial charge is 0.384 e. The minimum atomic E-state index is 0.183. The van der Waals surface area contributed by atoms with Gasteiger partial charge in [0.2, 0.25) is 0 Å². The summed E-state index contributed by atoms with van der Waals surface area (Å²) in [6, 6.07) is 5.42. The van der Waals surface area contributed by atoms with Crippen molar-refractivity contribution >= 4 is 11.6 Å². The lowest BCUT2D eigenvalue weighted by Gasteiger charge is -2.32. The highest BCUT2D eigenvalue weighted by Gasteiger charge is 2.18. The number of nitrogens with zero attached hydrogens (tertiary/aromatic N) is 3. The highest BCUT2D eigenvalue weighted by molar-refractivity contribution is 5.52. The molecule has 5 nitrogen and oxygen atoms in total. The van der Waals surface area contributed by atoms with Crippen LogP contribution < -0.4 is 10.6 Å². The van der Waals surface area contributed by atoms with Crippen LogP contribution in [0.3, 0.4) is 0 Å². The molecule has 1 aliphatic rings. The average Bonchev–Trinajstić information content (AvgIpc) is 2.28. The molecule has 0 aliphatic carbocycles. The van der Waals surface area contributed by atoms with Gasteiger partial charge in [0.15, 0.2) is 0 Å². The summed E-state index contributed by atoms with van der Waals surface area (Å²) in [6.07, 6.45) is 0.183. The molecule has 2 rings (SSSR count). The van der Waals surface area contributed by atoms with E-state index in [2.05, 4.69) is 16.0 Å². The third kappa shape index (κ3) is 2.23. The fourth-order valence-corrected chi connectivity index (χ4v) is 1.79. The number of ether oxygens (including phenoxy) is 1. The molecule has 1 aromatic rings. The van der Waals surface area contributed by atoms with Crippen LogP contribution in [0, 0.1) is 11.3 Å². The van der Waals surface area contributed by atoms with Crippen LogP contribution in [0.4, 0.5) is 11.6 Å². The van der Waals surface area contributed by atoms with E-state index in [0.717, 1.165) is 18.9 Å². The van der Waals surface area contributed by atoms with Gasteiger partial charge in [0.05, 0.1) is 24.3 Å². The Morgan fingerprint density at radius 3 is 3.12 bits per heavy atom. The molecule has 0 radical (unpaired) electrons. The number of morpholine rings is 1. The van der Waals surface area contributed by atoms with Gasteiger partial charge in [-0.1, -0.05) is 0 Å². The Hall–Kier alpha value is -1.80. The summed E-state index contributed by atoms with van der Waals surface area (Å²) in [5.41, 5.74) is 6.20. The number of aromatic nitrogens is 1. The van der Waals surface area contributed by atoms with Crippen molar-refractivity contribution in [3.8, 4) is 6.07 Å². The first-order valence-electron chi connectivity index (χ1n) is 5.23. The number of nitrogen functional groups attached to an aromatic ring is 1. The number of anilines is 2. The van der Waals surface area contributed by atoms with Crippen LogP contribution in [0.15, 0.2) is 12.1 Å². The number of pyridine rings is 1. The van der Waals surface area contributed by atoms with Gasteiger partial charge in [-0.25, -0.2) is 4.98 Å². The van der Waals surface area contributed by atoms with Gasteiger partial charge in [-0.15, -0.1) is 0 Å². The fraction of sp³-hybridized carbons (Fsp3) is 0.455. The van der Waals surface area contributed by atoms with Crippen LogP contribution in [-0.4, -0.2) is 30.8 Å². The summed E-state index contributed by atoms with van der Waals surface area (Å²) >= 11 is 0. The molecule has 0 amide bonds. The number of hydrogen-bond acceptors (Lipinski definition) is 5. The van der Waals surface area contributed by atoms with Gasteiger partial charge in [0.1, 0.15) is 11.6 Å². The van der Waals surface area contributed by atoms with Crippen LogP contribution in [0.1, 0.15) is 12.5 Å². The third-order valence-electron chi connectivity index (χ3n) is 2.53. The first kappa shape index (κ1) is 10.7. The van der Waals surface area contributed by atoms with Gasteiger partial charge in [-0.05, 0) is 19.1 Å². The van der Waals surface area contributed by atoms with Gasteiger partial charge in [0.25, 0.3) is 0 Å². The van der Waals surface area contributed by atoms with E-state index in [-0.39, 0.29) is 6.10 Å². The summed E-state index contributed by atoms with van der Waals surface area (Å²) in [6.45, 7) is 4.26. The second-order valence-electron chi connectivity index (χ2n) is 3.88. The molecule has 2 heterocycles. The lowest BCUT2D eigenvalue weighted by atomic mass is 10.2. The van der Waals surface area contributed by atoms with Gasteiger partial charge in [-0.2, -0.15) is 5.26 Å². The van der Waals surface area contributed by atoms with Crippen LogP contribution in [-0.2, 0) is 4.74 Å². The summed E-state index contributed by atoms with van der Waals surface area (Å²) in [5.74, 6) is 1.14. The molecule has 1 saturated heterocycles. The summed E-state index contributed by atoms with van der Waals surface area (Å²) in [4.78, 5) is 6.33. The zero-order valence-corrected chi connectivity index (χ0v) is 9.18. The molecular weight excluding hydrogens is 204 g/mol.